The third kappa shape index (κ3) is 1.91. The van der Waals surface area contributed by atoms with Gasteiger partial charge in [0.15, 0.2) is 0 Å². The van der Waals surface area contributed by atoms with Crippen LogP contribution in [-0.2, 0) is 6.42 Å². The van der Waals surface area contributed by atoms with Crippen molar-refractivity contribution in [3.8, 4) is 5.75 Å². The van der Waals surface area contributed by atoms with Gasteiger partial charge in [-0.3, -0.25) is 0 Å². The van der Waals surface area contributed by atoms with E-state index in [0.717, 1.165) is 17.7 Å². The average molecular weight is 178 g/mol. The number of nitrogens with zero attached hydrogens (tertiary/aromatic N) is 1. The molecule has 0 aromatic carbocycles. The van der Waals surface area contributed by atoms with Gasteiger partial charge in [0.1, 0.15) is 11.6 Å². The maximum Gasteiger partial charge on any atom is 0.141 e. The van der Waals surface area contributed by atoms with Crippen molar-refractivity contribution in [1.82, 2.24) is 4.98 Å². The summed E-state index contributed by atoms with van der Waals surface area (Å²) >= 11 is 0. The molecular formula is C10H14N2O. The van der Waals surface area contributed by atoms with E-state index in [1.165, 1.54) is 12.8 Å². The van der Waals surface area contributed by atoms with Gasteiger partial charge in [0.05, 0.1) is 12.3 Å². The molecule has 1 fully saturated rings. The lowest BCUT2D eigenvalue weighted by Crippen LogP contribution is -2.01. The Morgan fingerprint density at radius 2 is 2.38 bits per heavy atom. The van der Waals surface area contributed by atoms with Gasteiger partial charge in [0.2, 0.25) is 0 Å². The zero-order chi connectivity index (χ0) is 9.26. The standard InChI is InChI=1S/C10H14N2O/c1-2-7-5-10(11)12-6-9(7)13-8-3-4-8/h5-6,8H,2-4H2,1H3,(H2,11,12). The highest BCUT2D eigenvalue weighted by Gasteiger charge is 2.24. The van der Waals surface area contributed by atoms with Crippen molar-refractivity contribution in [3.05, 3.63) is 17.8 Å². The highest BCUT2D eigenvalue weighted by Crippen LogP contribution is 2.29. The number of hydrogen-bond donors (Lipinski definition) is 1. The molecule has 0 radical (unpaired) electrons. The van der Waals surface area contributed by atoms with Crippen molar-refractivity contribution in [1.29, 1.82) is 0 Å². The van der Waals surface area contributed by atoms with Crippen LogP contribution in [0.3, 0.4) is 0 Å². The summed E-state index contributed by atoms with van der Waals surface area (Å²) in [5.74, 6) is 1.47. The number of pyridine rings is 1. The summed E-state index contributed by atoms with van der Waals surface area (Å²) < 4.78 is 5.68. The molecule has 0 spiro atoms. The smallest absolute Gasteiger partial charge is 0.141 e. The van der Waals surface area contributed by atoms with E-state index < -0.39 is 0 Å². The normalized spacial score (nSPS) is 15.8. The van der Waals surface area contributed by atoms with Gasteiger partial charge in [0, 0.05) is 0 Å². The van der Waals surface area contributed by atoms with Crippen LogP contribution in [0.25, 0.3) is 0 Å². The Balaban J connectivity index is 2.21. The fraction of sp³-hybridized carbons (Fsp3) is 0.500. The second-order valence-electron chi connectivity index (χ2n) is 3.39. The van der Waals surface area contributed by atoms with Crippen molar-refractivity contribution >= 4 is 5.82 Å². The predicted octanol–water partition coefficient (Wildman–Crippen LogP) is 1.77. The van der Waals surface area contributed by atoms with Gasteiger partial charge < -0.3 is 10.5 Å². The van der Waals surface area contributed by atoms with E-state index in [9.17, 15) is 0 Å². The molecule has 0 unspecified atom stereocenters. The molecule has 1 heterocycles. The Bertz CT molecular complexity index is 308. The van der Waals surface area contributed by atoms with Crippen LogP contribution in [-0.4, -0.2) is 11.1 Å². The largest absolute Gasteiger partial charge is 0.489 e. The second kappa shape index (κ2) is 3.24. The van der Waals surface area contributed by atoms with E-state index in [1.54, 1.807) is 6.20 Å². The average Bonchev–Trinajstić information content (AvgIpc) is 2.92. The highest BCUT2D eigenvalue weighted by atomic mass is 16.5. The van der Waals surface area contributed by atoms with Crippen molar-refractivity contribution in [3.63, 3.8) is 0 Å². The molecule has 0 atom stereocenters. The molecule has 1 aliphatic carbocycles. The Morgan fingerprint density at radius 3 is 3.00 bits per heavy atom. The predicted molar refractivity (Wildman–Crippen MR) is 51.7 cm³/mol. The molecule has 2 N–H and O–H groups in total. The van der Waals surface area contributed by atoms with Crippen LogP contribution in [0.4, 0.5) is 5.82 Å². The van der Waals surface area contributed by atoms with Gasteiger partial charge in [-0.2, -0.15) is 0 Å². The zero-order valence-electron chi connectivity index (χ0n) is 7.79. The third-order valence-corrected chi connectivity index (χ3v) is 2.17. The molecule has 2 rings (SSSR count). The molecule has 0 saturated heterocycles. The quantitative estimate of drug-likeness (QED) is 0.767. The number of aromatic nitrogens is 1. The van der Waals surface area contributed by atoms with Crippen LogP contribution >= 0.6 is 0 Å². The molecule has 1 aliphatic rings. The molecule has 1 aromatic rings. The van der Waals surface area contributed by atoms with E-state index >= 15 is 0 Å². The fourth-order valence-corrected chi connectivity index (χ4v) is 1.25. The van der Waals surface area contributed by atoms with Crippen LogP contribution in [0.5, 0.6) is 5.75 Å². The number of hydrogen-bond acceptors (Lipinski definition) is 3. The molecular weight excluding hydrogens is 164 g/mol. The van der Waals surface area contributed by atoms with Crippen LogP contribution in [0, 0.1) is 0 Å². The van der Waals surface area contributed by atoms with Crippen LogP contribution < -0.4 is 10.5 Å². The molecule has 3 heteroatoms. The van der Waals surface area contributed by atoms with E-state index in [0.29, 0.717) is 11.9 Å². The summed E-state index contributed by atoms with van der Waals surface area (Å²) in [5, 5.41) is 0. The first-order valence-corrected chi connectivity index (χ1v) is 4.70. The maximum absolute atomic E-state index is 5.68. The van der Waals surface area contributed by atoms with E-state index in [4.69, 9.17) is 10.5 Å². The second-order valence-corrected chi connectivity index (χ2v) is 3.39. The van der Waals surface area contributed by atoms with Crippen molar-refractivity contribution in [2.24, 2.45) is 0 Å². The summed E-state index contributed by atoms with van der Waals surface area (Å²) in [6, 6.07) is 1.89. The monoisotopic (exact) mass is 178 g/mol. The minimum Gasteiger partial charge on any atom is -0.489 e. The number of rotatable bonds is 3. The molecule has 0 bridgehead atoms. The van der Waals surface area contributed by atoms with Crippen molar-refractivity contribution in [2.75, 3.05) is 5.73 Å². The summed E-state index contributed by atoms with van der Waals surface area (Å²) in [7, 11) is 0. The van der Waals surface area contributed by atoms with Gasteiger partial charge in [-0.25, -0.2) is 4.98 Å². The Morgan fingerprint density at radius 1 is 1.62 bits per heavy atom. The molecule has 1 saturated carbocycles. The SMILES string of the molecule is CCc1cc(N)ncc1OC1CC1. The minimum atomic E-state index is 0.427. The van der Waals surface area contributed by atoms with Crippen LogP contribution in [0.2, 0.25) is 0 Å². The Labute approximate surface area is 77.9 Å². The Hall–Kier alpha value is -1.25. The van der Waals surface area contributed by atoms with Crippen LogP contribution in [0.15, 0.2) is 12.3 Å². The molecule has 0 amide bonds. The first kappa shape index (κ1) is 8.35. The van der Waals surface area contributed by atoms with Gasteiger partial charge in [-0.1, -0.05) is 6.92 Å². The zero-order valence-corrected chi connectivity index (χ0v) is 7.79. The number of nitrogens with two attached hydrogens (primary N) is 1. The minimum absolute atomic E-state index is 0.427. The summed E-state index contributed by atoms with van der Waals surface area (Å²) in [4.78, 5) is 4.02. The maximum atomic E-state index is 5.68. The summed E-state index contributed by atoms with van der Waals surface area (Å²) in [6.45, 7) is 2.09. The lowest BCUT2D eigenvalue weighted by atomic mass is 10.2. The lowest BCUT2D eigenvalue weighted by Gasteiger charge is -2.08. The first-order chi connectivity index (χ1) is 6.29. The Kier molecular flexibility index (Phi) is 2.08. The van der Waals surface area contributed by atoms with Gasteiger partial charge in [-0.15, -0.1) is 0 Å². The number of nitrogen functional groups attached to an aromatic ring is 1. The number of ether oxygens (including phenoxy) is 1. The summed E-state index contributed by atoms with van der Waals surface area (Å²) in [6.07, 6.45) is 5.44. The van der Waals surface area contributed by atoms with Gasteiger partial charge >= 0.3 is 0 Å². The number of anilines is 1. The molecule has 3 nitrogen and oxygen atoms in total. The number of aryl methyl sites for hydroxylation is 1. The van der Waals surface area contributed by atoms with Crippen molar-refractivity contribution in [2.45, 2.75) is 32.3 Å². The van der Waals surface area contributed by atoms with Gasteiger partial charge in [0.25, 0.3) is 0 Å². The highest BCUT2D eigenvalue weighted by molar-refractivity contribution is 5.41. The van der Waals surface area contributed by atoms with E-state index in [2.05, 4.69) is 11.9 Å². The first-order valence-electron chi connectivity index (χ1n) is 4.70. The fourth-order valence-electron chi connectivity index (χ4n) is 1.25. The van der Waals surface area contributed by atoms with Crippen LogP contribution in [0.1, 0.15) is 25.3 Å². The van der Waals surface area contributed by atoms with E-state index in [-0.39, 0.29) is 0 Å². The summed E-state index contributed by atoms with van der Waals surface area (Å²) in [5.41, 5.74) is 6.74. The molecule has 1 aromatic heterocycles. The molecule has 70 valence electrons. The molecule has 13 heavy (non-hydrogen) atoms. The molecule has 0 aliphatic heterocycles. The van der Waals surface area contributed by atoms with E-state index in [1.807, 2.05) is 6.07 Å². The lowest BCUT2D eigenvalue weighted by molar-refractivity contribution is 0.299. The van der Waals surface area contributed by atoms with Crippen molar-refractivity contribution < 1.29 is 4.74 Å². The van der Waals surface area contributed by atoms with Gasteiger partial charge in [-0.05, 0) is 30.9 Å². The topological polar surface area (TPSA) is 48.1 Å². The third-order valence-electron chi connectivity index (χ3n) is 2.17.